The first-order valence-corrected chi connectivity index (χ1v) is 9.17. The zero-order valence-electron chi connectivity index (χ0n) is 13.4. The second kappa shape index (κ2) is 5.78. The van der Waals surface area contributed by atoms with Gasteiger partial charge in [-0.1, -0.05) is 0 Å². The predicted molar refractivity (Wildman–Crippen MR) is 98.7 cm³/mol. The van der Waals surface area contributed by atoms with Gasteiger partial charge in [-0.3, -0.25) is 0 Å². The topological polar surface area (TPSA) is 3.24 Å². The van der Waals surface area contributed by atoms with Gasteiger partial charge < -0.3 is 0 Å². The molecule has 116 valence electrons. The van der Waals surface area contributed by atoms with Crippen molar-refractivity contribution in [1.29, 1.82) is 0 Å². The van der Waals surface area contributed by atoms with Crippen molar-refractivity contribution in [2.45, 2.75) is 18.3 Å². The molecular formula is C21H21NSe. The Bertz CT molecular complexity index is 750. The Labute approximate surface area is 146 Å². The van der Waals surface area contributed by atoms with Gasteiger partial charge in [-0.15, -0.1) is 0 Å². The molecule has 1 nitrogen and oxygen atoms in total. The van der Waals surface area contributed by atoms with E-state index in [-0.39, 0.29) is 5.41 Å². The first kappa shape index (κ1) is 14.9. The zero-order valence-corrected chi connectivity index (χ0v) is 15.1. The molecule has 1 fully saturated rings. The van der Waals surface area contributed by atoms with E-state index in [1.807, 2.05) is 0 Å². The van der Waals surface area contributed by atoms with E-state index in [0.29, 0.717) is 5.92 Å². The molecule has 1 heterocycles. The molecule has 1 saturated heterocycles. The summed E-state index contributed by atoms with van der Waals surface area (Å²) in [5, 5.41) is 0. The van der Waals surface area contributed by atoms with Gasteiger partial charge in [-0.05, 0) is 0 Å². The minimum absolute atomic E-state index is 0.0182. The van der Waals surface area contributed by atoms with Gasteiger partial charge in [-0.25, -0.2) is 0 Å². The van der Waals surface area contributed by atoms with Crippen molar-refractivity contribution in [2.24, 2.45) is 5.92 Å². The van der Waals surface area contributed by atoms with E-state index in [0.717, 1.165) is 6.54 Å². The molecule has 2 aliphatic rings. The van der Waals surface area contributed by atoms with E-state index in [1.54, 1.807) is 0 Å². The molecule has 0 spiro atoms. The fraction of sp³-hybridized carbons (Fsp3) is 0.286. The average Bonchev–Trinajstić information content (AvgIpc) is 2.88. The van der Waals surface area contributed by atoms with E-state index in [9.17, 15) is 0 Å². The Morgan fingerprint density at radius 2 is 1.65 bits per heavy atom. The molecular weight excluding hydrogens is 345 g/mol. The monoisotopic (exact) mass is 367 g/mol. The number of benzene rings is 2. The van der Waals surface area contributed by atoms with E-state index >= 15 is 0 Å². The molecule has 0 amide bonds. The van der Waals surface area contributed by atoms with Crippen LogP contribution in [0.25, 0.3) is 5.57 Å². The van der Waals surface area contributed by atoms with Crippen LogP contribution in [-0.2, 0) is 5.41 Å². The van der Waals surface area contributed by atoms with Gasteiger partial charge in [0.2, 0.25) is 0 Å². The van der Waals surface area contributed by atoms with Crippen LogP contribution in [0.3, 0.4) is 0 Å². The maximum absolute atomic E-state index is 3.43. The van der Waals surface area contributed by atoms with Crippen LogP contribution in [0.1, 0.15) is 24.0 Å². The normalized spacial score (nSPS) is 26.8. The molecule has 0 N–H and O–H groups in total. The Morgan fingerprint density at radius 1 is 1.00 bits per heavy atom. The van der Waals surface area contributed by atoms with E-state index in [2.05, 4.69) is 94.3 Å². The fourth-order valence-corrected chi connectivity index (χ4v) is 5.42. The Balaban J connectivity index is 1.98. The van der Waals surface area contributed by atoms with E-state index in [1.165, 1.54) is 34.1 Å². The molecule has 2 aromatic carbocycles. The van der Waals surface area contributed by atoms with Crippen molar-refractivity contribution in [1.82, 2.24) is 4.90 Å². The summed E-state index contributed by atoms with van der Waals surface area (Å²) in [5.41, 5.74) is 4.22. The van der Waals surface area contributed by atoms with Crippen LogP contribution in [-0.4, -0.2) is 38.6 Å². The van der Waals surface area contributed by atoms with Crippen molar-refractivity contribution in [3.05, 3.63) is 77.9 Å². The number of hydrogen-bond acceptors (Lipinski definition) is 1. The van der Waals surface area contributed by atoms with Crippen molar-refractivity contribution >= 4 is 25.7 Å². The van der Waals surface area contributed by atoms with E-state index in [4.69, 9.17) is 0 Å². The van der Waals surface area contributed by atoms with Gasteiger partial charge in [0.1, 0.15) is 0 Å². The summed E-state index contributed by atoms with van der Waals surface area (Å²) in [7, 11) is 2.22. The van der Waals surface area contributed by atoms with Gasteiger partial charge in [0.25, 0.3) is 0 Å². The molecule has 1 aliphatic carbocycles. The number of likely N-dealkylation sites (tertiary alicyclic amines) is 1. The van der Waals surface area contributed by atoms with Crippen molar-refractivity contribution < 1.29 is 0 Å². The third kappa shape index (κ3) is 2.16. The van der Waals surface area contributed by atoms with Gasteiger partial charge >= 0.3 is 146 Å². The first-order valence-electron chi connectivity index (χ1n) is 8.31. The molecule has 2 heteroatoms. The van der Waals surface area contributed by atoms with Crippen LogP contribution in [0.2, 0.25) is 0 Å². The van der Waals surface area contributed by atoms with Crippen molar-refractivity contribution in [3.63, 3.8) is 0 Å². The van der Waals surface area contributed by atoms with Crippen LogP contribution in [0, 0.1) is 5.92 Å². The molecule has 4 rings (SSSR count). The molecule has 0 radical (unpaired) electrons. The zero-order chi connectivity index (χ0) is 15.9. The number of hydrogen-bond donors (Lipinski definition) is 0. The summed E-state index contributed by atoms with van der Waals surface area (Å²) >= 11 is 3.43. The molecule has 0 aromatic heterocycles. The summed E-state index contributed by atoms with van der Waals surface area (Å²) in [4.78, 5) is 2.42. The van der Waals surface area contributed by atoms with Gasteiger partial charge in [0.15, 0.2) is 0 Å². The third-order valence-corrected chi connectivity index (χ3v) is 6.72. The van der Waals surface area contributed by atoms with Gasteiger partial charge in [0, 0.05) is 0 Å². The van der Waals surface area contributed by atoms with Crippen LogP contribution in [0.5, 0.6) is 0 Å². The van der Waals surface area contributed by atoms with Gasteiger partial charge in [0.05, 0.1) is 0 Å². The summed E-state index contributed by atoms with van der Waals surface area (Å²) in [6.07, 6.45) is 4.89. The third-order valence-electron chi connectivity index (χ3n) is 5.39. The number of fused-ring (bicyclic) bond motifs is 1. The molecule has 0 bridgehead atoms. The van der Waals surface area contributed by atoms with Crippen molar-refractivity contribution in [3.8, 4) is 0 Å². The summed E-state index contributed by atoms with van der Waals surface area (Å²) in [5.74, 6) is 0.631. The average molecular weight is 366 g/mol. The van der Waals surface area contributed by atoms with Crippen LogP contribution in [0.4, 0.5) is 0 Å². The summed E-state index contributed by atoms with van der Waals surface area (Å²) in [6.45, 7) is 1.13. The number of rotatable bonds is 2. The molecule has 0 saturated carbocycles. The number of allylic oxidation sites excluding steroid dienone is 1. The van der Waals surface area contributed by atoms with E-state index < -0.39 is 0 Å². The predicted octanol–water partition coefficient (Wildman–Crippen LogP) is 3.66. The van der Waals surface area contributed by atoms with Crippen LogP contribution >= 0.6 is 0 Å². The molecule has 1 aliphatic heterocycles. The molecule has 0 unspecified atom stereocenters. The molecule has 2 aromatic rings. The SMILES string of the molecule is CN1C[C@@H]2CCC=C(c3ccccc3)[C@]2(c2ccccc2)C1=[Se]. The Hall–Kier alpha value is -1.63. The van der Waals surface area contributed by atoms with Crippen molar-refractivity contribution in [2.75, 3.05) is 13.6 Å². The Kier molecular flexibility index (Phi) is 3.75. The molecule has 23 heavy (non-hydrogen) atoms. The molecule has 2 atom stereocenters. The second-order valence-electron chi connectivity index (χ2n) is 6.62. The minimum atomic E-state index is -0.0182. The van der Waals surface area contributed by atoms with Gasteiger partial charge in [-0.2, -0.15) is 0 Å². The fourth-order valence-electron chi connectivity index (χ4n) is 4.44. The number of likely N-dealkylation sites (N-methyl/N-ethyl adjacent to an activating group) is 1. The van der Waals surface area contributed by atoms with Crippen LogP contribution < -0.4 is 0 Å². The Morgan fingerprint density at radius 3 is 2.35 bits per heavy atom. The van der Waals surface area contributed by atoms with Crippen LogP contribution in [0.15, 0.2) is 66.7 Å². The maximum atomic E-state index is 3.43. The quantitative estimate of drug-likeness (QED) is 0.734. The summed E-state index contributed by atoms with van der Waals surface area (Å²) in [6, 6.07) is 22.0. The standard InChI is InChI=1S/C21H21NSe/c1-22-15-18-13-8-14-19(16-9-4-2-5-10-16)21(18,20(22)23)17-11-6-3-7-12-17/h2-7,9-12,14,18H,8,13,15H2,1H3/t18-,21+/m0/s1. The summed E-state index contributed by atoms with van der Waals surface area (Å²) < 4.78 is 1.36. The second-order valence-corrected chi connectivity index (χ2v) is 7.43. The number of nitrogens with zero attached hydrogens (tertiary/aromatic N) is 1. The first-order chi connectivity index (χ1) is 11.2.